The number of aromatic nitrogens is 1. The van der Waals surface area contributed by atoms with E-state index in [9.17, 15) is 9.59 Å². The van der Waals surface area contributed by atoms with Crippen molar-refractivity contribution in [2.24, 2.45) is 0 Å². The Balaban J connectivity index is 1.40. The van der Waals surface area contributed by atoms with Crippen molar-refractivity contribution in [1.29, 1.82) is 0 Å². The lowest BCUT2D eigenvalue weighted by molar-refractivity contribution is -0.892. The number of nitrogens with zero attached hydrogens (tertiary/aromatic N) is 1. The zero-order valence-corrected chi connectivity index (χ0v) is 18.7. The molecule has 8 heteroatoms. The first-order valence-electron chi connectivity index (χ1n) is 10.7. The van der Waals surface area contributed by atoms with Gasteiger partial charge in [0.2, 0.25) is 0 Å². The molecule has 0 spiro atoms. The first-order valence-corrected chi connectivity index (χ1v) is 10.7. The minimum absolute atomic E-state index is 0.120. The average molecular weight is 438 g/mol. The topological polar surface area (TPSA) is 88.1 Å². The van der Waals surface area contributed by atoms with Crippen molar-refractivity contribution in [2.75, 3.05) is 57.2 Å². The SMILES string of the molecule is COC(=O)c1[nH]c2ccc(C)cc2c1NC(=O)C[NH+]1CCN(c2ccc(OC)cc2)CC1. The molecule has 1 aliphatic heterocycles. The van der Waals surface area contributed by atoms with E-state index in [-0.39, 0.29) is 11.6 Å². The number of benzene rings is 2. The molecule has 168 valence electrons. The second-order valence-corrected chi connectivity index (χ2v) is 8.08. The molecular weight excluding hydrogens is 408 g/mol. The summed E-state index contributed by atoms with van der Waals surface area (Å²) in [6.07, 6.45) is 0. The number of hydrogen-bond donors (Lipinski definition) is 3. The molecule has 3 aromatic rings. The van der Waals surface area contributed by atoms with Crippen LogP contribution in [0.25, 0.3) is 10.9 Å². The molecule has 0 atom stereocenters. The number of carbonyl (C=O) groups excluding carboxylic acids is 2. The fourth-order valence-corrected chi connectivity index (χ4v) is 4.15. The highest BCUT2D eigenvalue weighted by Crippen LogP contribution is 2.29. The van der Waals surface area contributed by atoms with Gasteiger partial charge in [-0.15, -0.1) is 0 Å². The number of quaternary nitrogens is 1. The Labute approximate surface area is 187 Å². The summed E-state index contributed by atoms with van der Waals surface area (Å²) in [6, 6.07) is 13.9. The third kappa shape index (κ3) is 4.55. The maximum absolute atomic E-state index is 12.9. The van der Waals surface area contributed by atoms with Gasteiger partial charge in [0.15, 0.2) is 6.54 Å². The van der Waals surface area contributed by atoms with Gasteiger partial charge in [0, 0.05) is 16.6 Å². The van der Waals surface area contributed by atoms with Crippen LogP contribution in [0.2, 0.25) is 0 Å². The number of rotatable bonds is 6. The van der Waals surface area contributed by atoms with E-state index < -0.39 is 5.97 Å². The first-order chi connectivity index (χ1) is 15.5. The molecule has 1 aliphatic rings. The van der Waals surface area contributed by atoms with Gasteiger partial charge in [-0.25, -0.2) is 4.79 Å². The van der Waals surface area contributed by atoms with E-state index in [0.717, 1.165) is 54.1 Å². The molecule has 4 rings (SSSR count). The Morgan fingerprint density at radius 2 is 1.81 bits per heavy atom. The van der Waals surface area contributed by atoms with Gasteiger partial charge in [0.05, 0.1) is 46.1 Å². The third-order valence-electron chi connectivity index (χ3n) is 5.93. The van der Waals surface area contributed by atoms with Crippen LogP contribution in [0.4, 0.5) is 11.4 Å². The third-order valence-corrected chi connectivity index (χ3v) is 5.93. The van der Waals surface area contributed by atoms with Crippen molar-refractivity contribution in [3.8, 4) is 5.75 Å². The van der Waals surface area contributed by atoms with Crippen molar-refractivity contribution in [3.05, 3.63) is 53.7 Å². The molecular formula is C24H29N4O4+. The molecule has 32 heavy (non-hydrogen) atoms. The van der Waals surface area contributed by atoms with Gasteiger partial charge in [-0.05, 0) is 43.3 Å². The molecule has 0 radical (unpaired) electrons. The van der Waals surface area contributed by atoms with Gasteiger partial charge in [-0.2, -0.15) is 0 Å². The fourth-order valence-electron chi connectivity index (χ4n) is 4.15. The number of amides is 1. The second kappa shape index (κ2) is 9.32. The summed E-state index contributed by atoms with van der Waals surface area (Å²) < 4.78 is 10.1. The van der Waals surface area contributed by atoms with E-state index in [1.807, 2.05) is 37.3 Å². The summed E-state index contributed by atoms with van der Waals surface area (Å²) in [6.45, 7) is 5.77. The Morgan fingerprint density at radius 3 is 2.47 bits per heavy atom. The summed E-state index contributed by atoms with van der Waals surface area (Å²) in [5.41, 5.74) is 3.74. The number of nitrogens with one attached hydrogen (secondary N) is 3. The molecule has 3 N–H and O–H groups in total. The highest BCUT2D eigenvalue weighted by atomic mass is 16.5. The number of carbonyl (C=O) groups is 2. The summed E-state index contributed by atoms with van der Waals surface area (Å²) in [5, 5.41) is 3.76. The number of aryl methyl sites for hydroxylation is 1. The quantitative estimate of drug-likeness (QED) is 0.510. The van der Waals surface area contributed by atoms with Crippen LogP contribution in [0.15, 0.2) is 42.5 Å². The predicted octanol–water partition coefficient (Wildman–Crippen LogP) is 1.62. The Hall–Kier alpha value is -3.52. The Bertz CT molecular complexity index is 1110. The van der Waals surface area contributed by atoms with Crippen LogP contribution in [0, 0.1) is 6.92 Å². The molecule has 1 aromatic heterocycles. The Morgan fingerprint density at radius 1 is 1.09 bits per heavy atom. The average Bonchev–Trinajstić information content (AvgIpc) is 3.16. The summed E-state index contributed by atoms with van der Waals surface area (Å²) in [7, 11) is 2.99. The molecule has 1 saturated heterocycles. The number of methoxy groups -OCH3 is 2. The number of aromatic amines is 1. The largest absolute Gasteiger partial charge is 0.497 e. The minimum Gasteiger partial charge on any atom is -0.497 e. The van der Waals surface area contributed by atoms with Gasteiger partial charge in [0.1, 0.15) is 11.4 Å². The molecule has 2 aromatic carbocycles. The van der Waals surface area contributed by atoms with E-state index in [2.05, 4.69) is 27.3 Å². The van der Waals surface area contributed by atoms with E-state index in [1.165, 1.54) is 12.0 Å². The highest BCUT2D eigenvalue weighted by Gasteiger charge is 2.25. The molecule has 0 saturated carbocycles. The second-order valence-electron chi connectivity index (χ2n) is 8.08. The Kier molecular flexibility index (Phi) is 6.32. The van der Waals surface area contributed by atoms with Gasteiger partial charge in [0.25, 0.3) is 5.91 Å². The van der Waals surface area contributed by atoms with E-state index in [4.69, 9.17) is 9.47 Å². The zero-order valence-electron chi connectivity index (χ0n) is 18.7. The molecule has 2 heterocycles. The summed E-state index contributed by atoms with van der Waals surface area (Å²) in [5.74, 6) is 0.216. The fraction of sp³-hybridized carbons (Fsp3) is 0.333. The van der Waals surface area contributed by atoms with Crippen LogP contribution >= 0.6 is 0 Å². The normalized spacial score (nSPS) is 14.4. The molecule has 0 unspecified atom stereocenters. The van der Waals surface area contributed by atoms with Crippen LogP contribution in [-0.4, -0.2) is 63.8 Å². The van der Waals surface area contributed by atoms with Crippen LogP contribution in [0.5, 0.6) is 5.75 Å². The van der Waals surface area contributed by atoms with Crippen LogP contribution in [0.1, 0.15) is 16.1 Å². The standard InChI is InChI=1S/C24H28N4O4/c1-16-4-9-20-19(14-16)22(23(25-20)24(30)32-3)26-21(29)15-27-10-12-28(13-11-27)17-5-7-18(31-2)8-6-17/h4-9,14,25H,10-13,15H2,1-3H3,(H,26,29)/p+1. The van der Waals surface area contributed by atoms with Gasteiger partial charge < -0.3 is 29.6 Å². The van der Waals surface area contributed by atoms with Crippen LogP contribution in [0.3, 0.4) is 0 Å². The smallest absolute Gasteiger partial charge is 0.356 e. The van der Waals surface area contributed by atoms with Gasteiger partial charge in [-0.1, -0.05) is 11.6 Å². The van der Waals surface area contributed by atoms with Crippen molar-refractivity contribution in [2.45, 2.75) is 6.92 Å². The number of esters is 1. The van der Waals surface area contributed by atoms with E-state index in [1.54, 1.807) is 7.11 Å². The van der Waals surface area contributed by atoms with Crippen LogP contribution in [-0.2, 0) is 9.53 Å². The van der Waals surface area contributed by atoms with Crippen molar-refractivity contribution < 1.29 is 24.0 Å². The summed E-state index contributed by atoms with van der Waals surface area (Å²) >= 11 is 0. The molecule has 0 aliphatic carbocycles. The van der Waals surface area contributed by atoms with Crippen LogP contribution < -0.4 is 19.9 Å². The highest BCUT2D eigenvalue weighted by molar-refractivity contribution is 6.11. The molecule has 8 nitrogen and oxygen atoms in total. The van der Waals surface area contributed by atoms with Crippen molar-refractivity contribution in [3.63, 3.8) is 0 Å². The first kappa shape index (κ1) is 21.7. The van der Waals surface area contributed by atoms with Gasteiger partial charge >= 0.3 is 5.97 Å². The predicted molar refractivity (Wildman–Crippen MR) is 124 cm³/mol. The summed E-state index contributed by atoms with van der Waals surface area (Å²) in [4.78, 5) is 31.7. The van der Waals surface area contributed by atoms with E-state index in [0.29, 0.717) is 12.2 Å². The maximum atomic E-state index is 12.9. The van der Waals surface area contributed by atoms with Crippen molar-refractivity contribution in [1.82, 2.24) is 4.98 Å². The zero-order chi connectivity index (χ0) is 22.7. The number of hydrogen-bond acceptors (Lipinski definition) is 5. The minimum atomic E-state index is -0.505. The lowest BCUT2D eigenvalue weighted by Gasteiger charge is -2.33. The molecule has 1 fully saturated rings. The lowest BCUT2D eigenvalue weighted by Crippen LogP contribution is -3.15. The number of ether oxygens (including phenoxy) is 2. The monoisotopic (exact) mass is 437 g/mol. The number of anilines is 2. The molecule has 0 bridgehead atoms. The lowest BCUT2D eigenvalue weighted by atomic mass is 10.1. The van der Waals surface area contributed by atoms with Crippen molar-refractivity contribution >= 4 is 34.2 Å². The van der Waals surface area contributed by atoms with Gasteiger partial charge in [-0.3, -0.25) is 4.79 Å². The maximum Gasteiger partial charge on any atom is 0.356 e. The number of H-pyrrole nitrogens is 1. The molecule has 1 amide bonds. The number of fused-ring (bicyclic) bond motifs is 1. The van der Waals surface area contributed by atoms with E-state index >= 15 is 0 Å². The number of piperazine rings is 1.